The highest BCUT2D eigenvalue weighted by Gasteiger charge is 2.25. The van der Waals surface area contributed by atoms with Gasteiger partial charge in [-0.15, -0.1) is 24.0 Å². The molecule has 1 fully saturated rings. The lowest BCUT2D eigenvalue weighted by molar-refractivity contribution is 0.0657. The van der Waals surface area contributed by atoms with Gasteiger partial charge < -0.3 is 33.7 Å². The molecule has 0 atom stereocenters. The van der Waals surface area contributed by atoms with Crippen molar-refractivity contribution < 1.29 is 23.4 Å². The molecule has 1 aromatic carbocycles. The summed E-state index contributed by atoms with van der Waals surface area (Å²) in [6.07, 6.45) is 1.52. The molecule has 0 spiro atoms. The number of nitrogens with one attached hydrogen (secondary N) is 1. The maximum atomic E-state index is 12.5. The number of halogens is 1. The summed E-state index contributed by atoms with van der Waals surface area (Å²) in [6, 6.07) is 7.18. The number of guanidine groups is 1. The van der Waals surface area contributed by atoms with Gasteiger partial charge in [0.15, 0.2) is 23.2 Å². The Morgan fingerprint density at radius 3 is 2.28 bits per heavy atom. The first-order chi connectivity index (χ1) is 15.1. The fraction of sp³-hybridized carbons (Fsp3) is 0.455. The quantitative estimate of drug-likeness (QED) is 0.318. The fourth-order valence-electron chi connectivity index (χ4n) is 3.55. The zero-order chi connectivity index (χ0) is 22.2. The van der Waals surface area contributed by atoms with E-state index in [0.29, 0.717) is 55.7 Å². The highest BCUT2D eigenvalue weighted by Crippen LogP contribution is 2.40. The minimum absolute atomic E-state index is 0. The van der Waals surface area contributed by atoms with E-state index in [1.807, 2.05) is 19.1 Å². The molecule has 1 aromatic heterocycles. The van der Waals surface area contributed by atoms with Gasteiger partial charge in [-0.2, -0.15) is 0 Å². The van der Waals surface area contributed by atoms with Crippen molar-refractivity contribution in [2.24, 2.45) is 4.99 Å². The standard InChI is InChI=1S/C22H30N4O5.HI/c1-5-23-22(24-15-16-8-9-17(28-2)20(30-4)19(16)29-3)26-12-10-25(11-13-26)21(27)18-7-6-14-31-18;/h6-9,14H,5,10-13,15H2,1-4H3,(H,23,24);1H. The molecule has 1 N–H and O–H groups in total. The van der Waals surface area contributed by atoms with Crippen molar-refractivity contribution in [3.63, 3.8) is 0 Å². The van der Waals surface area contributed by atoms with Crippen molar-refractivity contribution in [1.82, 2.24) is 15.1 Å². The van der Waals surface area contributed by atoms with Crippen molar-refractivity contribution in [3.05, 3.63) is 41.9 Å². The number of methoxy groups -OCH3 is 3. The Labute approximate surface area is 205 Å². The van der Waals surface area contributed by atoms with Crippen molar-refractivity contribution in [2.45, 2.75) is 13.5 Å². The Bertz CT molecular complexity index is 896. The van der Waals surface area contributed by atoms with Gasteiger partial charge in [-0.3, -0.25) is 4.79 Å². The van der Waals surface area contributed by atoms with E-state index < -0.39 is 0 Å². The maximum absolute atomic E-state index is 12.5. The molecule has 2 aromatic rings. The average molecular weight is 558 g/mol. The first-order valence-electron chi connectivity index (χ1n) is 10.3. The van der Waals surface area contributed by atoms with Crippen molar-refractivity contribution in [2.75, 3.05) is 54.1 Å². The van der Waals surface area contributed by atoms with E-state index in [1.165, 1.54) is 6.26 Å². The number of benzene rings is 1. The molecule has 0 saturated carbocycles. The Balaban J connectivity index is 0.00000363. The van der Waals surface area contributed by atoms with Gasteiger partial charge in [0.2, 0.25) is 5.75 Å². The van der Waals surface area contributed by atoms with Crippen LogP contribution in [-0.4, -0.2) is 75.7 Å². The van der Waals surface area contributed by atoms with E-state index >= 15 is 0 Å². The Kier molecular flexibility index (Phi) is 9.95. The van der Waals surface area contributed by atoms with E-state index in [-0.39, 0.29) is 29.9 Å². The van der Waals surface area contributed by atoms with Crippen LogP contribution < -0.4 is 19.5 Å². The molecule has 1 aliphatic heterocycles. The van der Waals surface area contributed by atoms with Gasteiger partial charge in [-0.25, -0.2) is 4.99 Å². The second-order valence-electron chi connectivity index (χ2n) is 6.92. The molecule has 0 unspecified atom stereocenters. The van der Waals surface area contributed by atoms with Crippen molar-refractivity contribution >= 4 is 35.8 Å². The van der Waals surface area contributed by atoms with Crippen LogP contribution in [0.15, 0.2) is 39.9 Å². The highest BCUT2D eigenvalue weighted by atomic mass is 127. The first-order valence-corrected chi connectivity index (χ1v) is 10.3. The summed E-state index contributed by atoms with van der Waals surface area (Å²) >= 11 is 0. The summed E-state index contributed by atoms with van der Waals surface area (Å²) in [5.41, 5.74) is 0.891. The number of ether oxygens (including phenoxy) is 3. The summed E-state index contributed by atoms with van der Waals surface area (Å²) in [5.74, 6) is 2.85. The molecule has 10 heteroatoms. The number of rotatable bonds is 7. The van der Waals surface area contributed by atoms with Crippen LogP contribution in [0.1, 0.15) is 23.0 Å². The molecule has 0 radical (unpaired) electrons. The molecule has 32 heavy (non-hydrogen) atoms. The topological polar surface area (TPSA) is 88.8 Å². The summed E-state index contributed by atoms with van der Waals surface area (Å²) < 4.78 is 21.6. The van der Waals surface area contributed by atoms with E-state index in [4.69, 9.17) is 23.6 Å². The molecule has 1 saturated heterocycles. The second-order valence-corrected chi connectivity index (χ2v) is 6.92. The van der Waals surface area contributed by atoms with Crippen LogP contribution in [0.25, 0.3) is 0 Å². The van der Waals surface area contributed by atoms with E-state index in [0.717, 1.165) is 18.1 Å². The van der Waals surface area contributed by atoms with Crippen LogP contribution in [0, 0.1) is 0 Å². The van der Waals surface area contributed by atoms with Gasteiger partial charge >= 0.3 is 0 Å². The number of aliphatic imine (C=N–C) groups is 1. The third-order valence-corrected chi connectivity index (χ3v) is 5.12. The summed E-state index contributed by atoms with van der Waals surface area (Å²) in [5, 5.41) is 3.34. The van der Waals surface area contributed by atoms with Crippen LogP contribution in [0.4, 0.5) is 0 Å². The highest BCUT2D eigenvalue weighted by molar-refractivity contribution is 14.0. The van der Waals surface area contributed by atoms with Crippen LogP contribution >= 0.6 is 24.0 Å². The lowest BCUT2D eigenvalue weighted by atomic mass is 10.1. The molecule has 3 rings (SSSR count). The van der Waals surface area contributed by atoms with Gasteiger partial charge in [-0.05, 0) is 31.2 Å². The smallest absolute Gasteiger partial charge is 0.289 e. The zero-order valence-electron chi connectivity index (χ0n) is 18.9. The third-order valence-electron chi connectivity index (χ3n) is 5.12. The van der Waals surface area contributed by atoms with Gasteiger partial charge in [0.25, 0.3) is 5.91 Å². The Morgan fingerprint density at radius 2 is 1.72 bits per heavy atom. The number of hydrogen-bond donors (Lipinski definition) is 1. The number of carbonyl (C=O) groups excluding carboxylic acids is 1. The molecule has 176 valence electrons. The molecule has 1 aliphatic rings. The second kappa shape index (κ2) is 12.4. The molecule has 2 heterocycles. The van der Waals surface area contributed by atoms with Crippen LogP contribution in [0.2, 0.25) is 0 Å². The molecular formula is C22H31IN4O5. The predicted octanol–water partition coefficient (Wildman–Crippen LogP) is 2.85. The van der Waals surface area contributed by atoms with Gasteiger partial charge in [-0.1, -0.05) is 0 Å². The monoisotopic (exact) mass is 558 g/mol. The number of furan rings is 1. The maximum Gasteiger partial charge on any atom is 0.289 e. The third kappa shape index (κ3) is 5.78. The minimum atomic E-state index is -0.0818. The number of nitrogens with zero attached hydrogens (tertiary/aromatic N) is 3. The van der Waals surface area contributed by atoms with Crippen molar-refractivity contribution in [3.8, 4) is 17.2 Å². The predicted molar refractivity (Wildman–Crippen MR) is 133 cm³/mol. The molecule has 0 bridgehead atoms. The largest absolute Gasteiger partial charge is 0.493 e. The van der Waals surface area contributed by atoms with Crippen LogP contribution in [0.5, 0.6) is 17.2 Å². The molecule has 1 amide bonds. The molecular weight excluding hydrogens is 527 g/mol. The van der Waals surface area contributed by atoms with Gasteiger partial charge in [0.1, 0.15) is 0 Å². The number of piperazine rings is 1. The van der Waals surface area contributed by atoms with Gasteiger partial charge in [0.05, 0.1) is 34.1 Å². The number of carbonyl (C=O) groups is 1. The lowest BCUT2D eigenvalue weighted by Crippen LogP contribution is -2.53. The number of hydrogen-bond acceptors (Lipinski definition) is 6. The van der Waals surface area contributed by atoms with Crippen LogP contribution in [-0.2, 0) is 6.54 Å². The average Bonchev–Trinajstić information content (AvgIpc) is 3.35. The normalized spacial score (nSPS) is 13.9. The lowest BCUT2D eigenvalue weighted by Gasteiger charge is -2.36. The van der Waals surface area contributed by atoms with E-state index in [1.54, 1.807) is 38.4 Å². The van der Waals surface area contributed by atoms with E-state index in [2.05, 4.69) is 10.2 Å². The number of amides is 1. The fourth-order valence-corrected chi connectivity index (χ4v) is 3.55. The summed E-state index contributed by atoms with van der Waals surface area (Å²) in [7, 11) is 4.78. The minimum Gasteiger partial charge on any atom is -0.493 e. The van der Waals surface area contributed by atoms with Gasteiger partial charge in [0, 0.05) is 38.3 Å². The molecule has 9 nitrogen and oxygen atoms in total. The summed E-state index contributed by atoms with van der Waals surface area (Å²) in [6.45, 7) is 5.75. The van der Waals surface area contributed by atoms with Crippen LogP contribution in [0.3, 0.4) is 0 Å². The Hall–Kier alpha value is -2.63. The summed E-state index contributed by atoms with van der Waals surface area (Å²) in [4.78, 5) is 21.2. The first kappa shape index (κ1) is 25.6. The molecule has 0 aliphatic carbocycles. The Morgan fingerprint density at radius 1 is 1.03 bits per heavy atom. The van der Waals surface area contributed by atoms with Crippen molar-refractivity contribution in [1.29, 1.82) is 0 Å². The zero-order valence-corrected chi connectivity index (χ0v) is 21.3. The SMILES string of the molecule is CCNC(=NCc1ccc(OC)c(OC)c1OC)N1CCN(C(=O)c2ccco2)CC1.I. The van der Waals surface area contributed by atoms with E-state index in [9.17, 15) is 4.79 Å².